The van der Waals surface area contributed by atoms with Crippen molar-refractivity contribution in [1.29, 1.82) is 0 Å². The summed E-state index contributed by atoms with van der Waals surface area (Å²) in [6, 6.07) is 10.4. The minimum atomic E-state index is -0.0620. The van der Waals surface area contributed by atoms with Crippen LogP contribution in [0, 0.1) is 11.8 Å². The second kappa shape index (κ2) is 9.47. The van der Waals surface area contributed by atoms with Crippen LogP contribution in [0.15, 0.2) is 46.4 Å². The molecule has 2 aliphatic heterocycles. The Labute approximate surface area is 205 Å². The molecule has 1 aliphatic carbocycles. The van der Waals surface area contributed by atoms with Crippen LogP contribution in [0.4, 0.5) is 5.69 Å². The van der Waals surface area contributed by atoms with Crippen LogP contribution in [0.2, 0.25) is 0 Å². The Hall–Kier alpha value is -2.77. The molecule has 1 amide bonds. The summed E-state index contributed by atoms with van der Waals surface area (Å²) in [6.07, 6.45) is 8.45. The normalized spacial score (nSPS) is 22.0. The molecule has 6 nitrogen and oxygen atoms in total. The first-order chi connectivity index (χ1) is 16.4. The van der Waals surface area contributed by atoms with Crippen LogP contribution in [-0.2, 0) is 5.41 Å². The van der Waals surface area contributed by atoms with Gasteiger partial charge in [0.1, 0.15) is 0 Å². The van der Waals surface area contributed by atoms with Crippen LogP contribution in [0.5, 0.6) is 0 Å². The van der Waals surface area contributed by atoms with Crippen molar-refractivity contribution in [3.63, 3.8) is 0 Å². The number of fused-ring (bicyclic) bond motifs is 3. The molecule has 0 radical (unpaired) electrons. The summed E-state index contributed by atoms with van der Waals surface area (Å²) in [5.41, 5.74) is 3.43. The standard InChI is InChI=1S/C27H33N5OS/c1-27(2,3)19-5-4-6-20(13-19)31-26-30-16-18-7-8-22-21(24(18)32-26)14-23(34-22)25(33)29-15-17-9-11-28-12-10-17/h4-8,13-14,16-18,24,28H,9-12,15H2,1-3H3,(H,29,33)(H,31,32). The number of aliphatic imine (C=N–C) groups is 2. The van der Waals surface area contributed by atoms with Crippen molar-refractivity contribution in [2.75, 3.05) is 25.0 Å². The predicted octanol–water partition coefficient (Wildman–Crippen LogP) is 5.01. The first-order valence-electron chi connectivity index (χ1n) is 12.2. The lowest BCUT2D eigenvalue weighted by Gasteiger charge is -2.26. The van der Waals surface area contributed by atoms with E-state index in [4.69, 9.17) is 4.99 Å². The number of hydrogen-bond donors (Lipinski definition) is 3. The molecular weight excluding hydrogens is 442 g/mol. The van der Waals surface area contributed by atoms with Gasteiger partial charge in [0.15, 0.2) is 0 Å². The number of thiophene rings is 1. The molecule has 34 heavy (non-hydrogen) atoms. The number of hydrogen-bond acceptors (Lipinski definition) is 6. The molecule has 0 spiro atoms. The summed E-state index contributed by atoms with van der Waals surface area (Å²) in [4.78, 5) is 24.3. The number of guanidine groups is 1. The van der Waals surface area contributed by atoms with Crippen LogP contribution >= 0.6 is 11.3 Å². The Morgan fingerprint density at radius 1 is 1.21 bits per heavy atom. The van der Waals surface area contributed by atoms with E-state index in [0.29, 0.717) is 11.9 Å². The van der Waals surface area contributed by atoms with Crippen molar-refractivity contribution in [2.24, 2.45) is 21.8 Å². The molecule has 2 aromatic rings. The number of benzene rings is 1. The Kier molecular flexibility index (Phi) is 6.40. The third-order valence-corrected chi connectivity index (χ3v) is 7.91. The number of carbonyl (C=O) groups is 1. The third kappa shape index (κ3) is 5.00. The first kappa shape index (κ1) is 23.0. The lowest BCUT2D eigenvalue weighted by Crippen LogP contribution is -2.35. The van der Waals surface area contributed by atoms with E-state index in [9.17, 15) is 4.79 Å². The maximum atomic E-state index is 12.9. The maximum absolute atomic E-state index is 12.9. The van der Waals surface area contributed by atoms with Gasteiger partial charge in [-0.25, -0.2) is 9.98 Å². The van der Waals surface area contributed by atoms with Gasteiger partial charge in [-0.05, 0) is 72.7 Å². The van der Waals surface area contributed by atoms with E-state index in [1.165, 1.54) is 5.56 Å². The van der Waals surface area contributed by atoms with E-state index in [1.807, 2.05) is 18.3 Å². The fourth-order valence-electron chi connectivity index (χ4n) is 4.68. The molecule has 1 aromatic heterocycles. The minimum absolute atomic E-state index is 0.0219. The van der Waals surface area contributed by atoms with Crippen LogP contribution < -0.4 is 16.0 Å². The van der Waals surface area contributed by atoms with Gasteiger partial charge in [0.25, 0.3) is 5.91 Å². The molecule has 1 fully saturated rings. The van der Waals surface area contributed by atoms with Gasteiger partial charge in [0.2, 0.25) is 5.96 Å². The molecule has 3 N–H and O–H groups in total. The second-order valence-electron chi connectivity index (χ2n) is 10.4. The zero-order valence-corrected chi connectivity index (χ0v) is 20.9. The Morgan fingerprint density at radius 2 is 2.03 bits per heavy atom. The van der Waals surface area contributed by atoms with Crippen LogP contribution in [-0.4, -0.2) is 37.7 Å². The van der Waals surface area contributed by atoms with E-state index in [2.05, 4.69) is 72.1 Å². The Morgan fingerprint density at radius 3 is 2.82 bits per heavy atom. The number of nitrogens with one attached hydrogen (secondary N) is 3. The third-order valence-electron chi connectivity index (χ3n) is 6.79. The van der Waals surface area contributed by atoms with Crippen LogP contribution in [0.3, 0.4) is 0 Å². The molecular formula is C27H33N5OS. The Bertz CT molecular complexity index is 1150. The second-order valence-corrected chi connectivity index (χ2v) is 11.5. The SMILES string of the molecule is CC(C)(C)c1cccc(NC2=NC3c4cc(C(=O)NCC5CCNCC5)sc4C=CC3C=N2)c1. The molecule has 5 rings (SSSR count). The smallest absolute Gasteiger partial charge is 0.261 e. The summed E-state index contributed by atoms with van der Waals surface area (Å²) < 4.78 is 0. The Balaban J connectivity index is 1.31. The summed E-state index contributed by atoms with van der Waals surface area (Å²) >= 11 is 1.55. The van der Waals surface area contributed by atoms with E-state index in [-0.39, 0.29) is 23.3 Å². The van der Waals surface area contributed by atoms with Crippen LogP contribution in [0.1, 0.15) is 65.3 Å². The summed E-state index contributed by atoms with van der Waals surface area (Å²) in [5.74, 6) is 1.30. The van der Waals surface area contributed by atoms with Gasteiger partial charge in [-0.15, -0.1) is 11.3 Å². The molecule has 0 bridgehead atoms. The van der Waals surface area contributed by atoms with Crippen LogP contribution in [0.25, 0.3) is 6.08 Å². The summed E-state index contributed by atoms with van der Waals surface area (Å²) in [7, 11) is 0. The van der Waals surface area contributed by atoms with Gasteiger partial charge in [-0.3, -0.25) is 4.79 Å². The average Bonchev–Trinajstić information content (AvgIpc) is 3.28. The quantitative estimate of drug-likeness (QED) is 0.582. The molecule has 1 saturated heterocycles. The highest BCUT2D eigenvalue weighted by molar-refractivity contribution is 7.15. The fourth-order valence-corrected chi connectivity index (χ4v) is 5.71. The van der Waals surface area contributed by atoms with Crippen molar-refractivity contribution in [3.8, 4) is 0 Å². The fraction of sp³-hybridized carbons (Fsp3) is 0.444. The summed E-state index contributed by atoms with van der Waals surface area (Å²) in [6.45, 7) is 9.45. The van der Waals surface area contributed by atoms with Gasteiger partial charge in [-0.1, -0.05) is 39.0 Å². The summed E-state index contributed by atoms with van der Waals surface area (Å²) in [5, 5.41) is 9.92. The van der Waals surface area contributed by atoms with E-state index >= 15 is 0 Å². The van der Waals surface area contributed by atoms with Gasteiger partial charge in [0.05, 0.1) is 10.9 Å². The zero-order chi connectivity index (χ0) is 23.7. The number of carbonyl (C=O) groups excluding carboxylic acids is 1. The topological polar surface area (TPSA) is 77.9 Å². The molecule has 2 unspecified atom stereocenters. The largest absolute Gasteiger partial charge is 0.351 e. The molecule has 0 saturated carbocycles. The highest BCUT2D eigenvalue weighted by Gasteiger charge is 2.31. The van der Waals surface area contributed by atoms with Gasteiger partial charge in [0, 0.05) is 29.2 Å². The van der Waals surface area contributed by atoms with Crippen molar-refractivity contribution in [3.05, 3.63) is 57.3 Å². The zero-order valence-electron chi connectivity index (χ0n) is 20.1. The molecule has 178 valence electrons. The lowest BCUT2D eigenvalue weighted by atomic mass is 9.87. The number of piperidine rings is 1. The van der Waals surface area contributed by atoms with Crippen molar-refractivity contribution < 1.29 is 4.79 Å². The van der Waals surface area contributed by atoms with Gasteiger partial charge >= 0.3 is 0 Å². The first-order valence-corrected chi connectivity index (χ1v) is 13.0. The number of rotatable bonds is 4. The predicted molar refractivity (Wildman–Crippen MR) is 142 cm³/mol. The van der Waals surface area contributed by atoms with Crippen molar-refractivity contribution in [2.45, 2.75) is 45.1 Å². The van der Waals surface area contributed by atoms with E-state index in [1.54, 1.807) is 11.3 Å². The van der Waals surface area contributed by atoms with E-state index < -0.39 is 0 Å². The molecule has 3 heterocycles. The average molecular weight is 476 g/mol. The number of amides is 1. The molecule has 3 aliphatic rings. The maximum Gasteiger partial charge on any atom is 0.261 e. The van der Waals surface area contributed by atoms with Gasteiger partial charge in [-0.2, -0.15) is 0 Å². The minimum Gasteiger partial charge on any atom is -0.351 e. The highest BCUT2D eigenvalue weighted by atomic mass is 32.1. The van der Waals surface area contributed by atoms with Gasteiger partial charge < -0.3 is 16.0 Å². The molecule has 1 aromatic carbocycles. The highest BCUT2D eigenvalue weighted by Crippen LogP contribution is 2.40. The molecule has 2 atom stereocenters. The lowest BCUT2D eigenvalue weighted by molar-refractivity contribution is 0.0948. The van der Waals surface area contributed by atoms with Crippen molar-refractivity contribution >= 4 is 41.2 Å². The number of nitrogens with zero attached hydrogens (tertiary/aromatic N) is 2. The molecule has 7 heteroatoms. The van der Waals surface area contributed by atoms with Crippen molar-refractivity contribution in [1.82, 2.24) is 10.6 Å². The monoisotopic (exact) mass is 475 g/mol. The van der Waals surface area contributed by atoms with E-state index in [0.717, 1.165) is 53.5 Å². The number of anilines is 1.